The van der Waals surface area contributed by atoms with E-state index < -0.39 is 0 Å². The summed E-state index contributed by atoms with van der Waals surface area (Å²) in [6, 6.07) is 13.0. The molecule has 0 aliphatic carbocycles. The van der Waals surface area contributed by atoms with Crippen molar-refractivity contribution in [2.45, 2.75) is 13.3 Å². The Morgan fingerprint density at radius 3 is 1.86 bits per heavy atom. The molecule has 21 heavy (non-hydrogen) atoms. The van der Waals surface area contributed by atoms with Crippen molar-refractivity contribution in [2.24, 2.45) is 0 Å². The summed E-state index contributed by atoms with van der Waals surface area (Å²) in [6.07, 6.45) is 0.714. The Bertz CT molecular complexity index is 576. The molecule has 0 N–H and O–H groups in total. The first-order valence-electron chi connectivity index (χ1n) is 6.77. The Morgan fingerprint density at radius 1 is 0.905 bits per heavy atom. The van der Waals surface area contributed by atoms with E-state index in [2.05, 4.69) is 0 Å². The molecule has 110 valence electrons. The first-order valence-corrected chi connectivity index (χ1v) is 6.77. The van der Waals surface area contributed by atoms with E-state index in [0.29, 0.717) is 30.9 Å². The molecule has 0 unspecified atom stereocenters. The van der Waals surface area contributed by atoms with Gasteiger partial charge in [-0.25, -0.2) is 4.39 Å². The van der Waals surface area contributed by atoms with E-state index in [4.69, 9.17) is 9.47 Å². The number of benzene rings is 2. The standard InChI is InChI=1S/C17H17FO3/c1-13(19)14-3-7-16(8-4-14)20-11-2-12-21-17-9-5-15(18)6-10-17/h3-10H,2,11-12H2,1H3. The monoisotopic (exact) mass is 288 g/mol. The highest BCUT2D eigenvalue weighted by molar-refractivity contribution is 5.94. The minimum atomic E-state index is -0.278. The summed E-state index contributed by atoms with van der Waals surface area (Å²) in [5.74, 6) is 1.12. The van der Waals surface area contributed by atoms with Crippen LogP contribution < -0.4 is 9.47 Å². The van der Waals surface area contributed by atoms with Crippen molar-refractivity contribution >= 4 is 5.78 Å². The SMILES string of the molecule is CC(=O)c1ccc(OCCCOc2ccc(F)cc2)cc1. The maximum absolute atomic E-state index is 12.7. The van der Waals surface area contributed by atoms with Crippen molar-refractivity contribution in [3.05, 3.63) is 59.9 Å². The van der Waals surface area contributed by atoms with Crippen LogP contribution in [0.1, 0.15) is 23.7 Å². The second-order valence-corrected chi connectivity index (χ2v) is 4.58. The molecule has 2 rings (SSSR count). The van der Waals surface area contributed by atoms with Gasteiger partial charge in [-0.15, -0.1) is 0 Å². The number of carbonyl (C=O) groups excluding carboxylic acids is 1. The molecule has 0 saturated heterocycles. The molecular weight excluding hydrogens is 271 g/mol. The highest BCUT2D eigenvalue weighted by atomic mass is 19.1. The fourth-order valence-corrected chi connectivity index (χ4v) is 1.76. The second-order valence-electron chi connectivity index (χ2n) is 4.58. The van der Waals surface area contributed by atoms with Crippen molar-refractivity contribution in [2.75, 3.05) is 13.2 Å². The molecular formula is C17H17FO3. The third-order valence-electron chi connectivity index (χ3n) is 2.90. The number of Topliss-reactive ketones (excluding diaryl/α,β-unsaturated/α-hetero) is 1. The number of hydrogen-bond acceptors (Lipinski definition) is 3. The van der Waals surface area contributed by atoms with E-state index in [0.717, 1.165) is 5.75 Å². The molecule has 0 atom stereocenters. The number of ether oxygens (including phenoxy) is 2. The zero-order chi connectivity index (χ0) is 15.1. The number of hydrogen-bond donors (Lipinski definition) is 0. The van der Waals surface area contributed by atoms with Gasteiger partial charge in [0.1, 0.15) is 17.3 Å². The molecule has 0 radical (unpaired) electrons. The zero-order valence-electron chi connectivity index (χ0n) is 11.8. The Labute approximate surface area is 123 Å². The Hall–Kier alpha value is -2.36. The van der Waals surface area contributed by atoms with Gasteiger partial charge in [0, 0.05) is 12.0 Å². The van der Waals surface area contributed by atoms with E-state index in [1.807, 2.05) is 0 Å². The van der Waals surface area contributed by atoms with Gasteiger partial charge in [-0.1, -0.05) is 0 Å². The normalized spacial score (nSPS) is 10.2. The first kappa shape index (κ1) is 15.0. The molecule has 0 aliphatic heterocycles. The van der Waals surface area contributed by atoms with Gasteiger partial charge in [-0.2, -0.15) is 0 Å². The van der Waals surface area contributed by atoms with Crippen LogP contribution in [-0.2, 0) is 0 Å². The third kappa shape index (κ3) is 4.91. The molecule has 2 aromatic rings. The summed E-state index contributed by atoms with van der Waals surface area (Å²) in [7, 11) is 0. The minimum Gasteiger partial charge on any atom is -0.493 e. The quantitative estimate of drug-likeness (QED) is 0.573. The van der Waals surface area contributed by atoms with Crippen LogP contribution in [-0.4, -0.2) is 19.0 Å². The smallest absolute Gasteiger partial charge is 0.159 e. The Balaban J connectivity index is 1.67. The van der Waals surface area contributed by atoms with Crippen molar-refractivity contribution in [3.8, 4) is 11.5 Å². The number of carbonyl (C=O) groups is 1. The molecule has 0 saturated carbocycles. The van der Waals surface area contributed by atoms with E-state index in [1.54, 1.807) is 36.4 Å². The summed E-state index contributed by atoms with van der Waals surface area (Å²) in [5, 5.41) is 0. The van der Waals surface area contributed by atoms with Crippen LogP contribution >= 0.6 is 0 Å². The van der Waals surface area contributed by atoms with Gasteiger partial charge in [-0.3, -0.25) is 4.79 Å². The topological polar surface area (TPSA) is 35.5 Å². The van der Waals surface area contributed by atoms with E-state index in [1.165, 1.54) is 19.1 Å². The molecule has 2 aromatic carbocycles. The molecule has 0 spiro atoms. The fraction of sp³-hybridized carbons (Fsp3) is 0.235. The van der Waals surface area contributed by atoms with Crippen molar-refractivity contribution < 1.29 is 18.7 Å². The number of ketones is 1. The van der Waals surface area contributed by atoms with Crippen molar-refractivity contribution in [1.29, 1.82) is 0 Å². The van der Waals surface area contributed by atoms with Gasteiger partial charge in [0.25, 0.3) is 0 Å². The molecule has 0 fully saturated rings. The predicted molar refractivity (Wildman–Crippen MR) is 78.5 cm³/mol. The lowest BCUT2D eigenvalue weighted by Gasteiger charge is -2.08. The molecule has 0 aromatic heterocycles. The average Bonchev–Trinajstić information content (AvgIpc) is 2.49. The summed E-state index contributed by atoms with van der Waals surface area (Å²) >= 11 is 0. The zero-order valence-corrected chi connectivity index (χ0v) is 11.8. The second kappa shape index (κ2) is 7.43. The van der Waals surface area contributed by atoms with E-state index in [-0.39, 0.29) is 11.6 Å². The lowest BCUT2D eigenvalue weighted by atomic mass is 10.1. The van der Waals surface area contributed by atoms with Gasteiger partial charge >= 0.3 is 0 Å². The number of halogens is 1. The largest absolute Gasteiger partial charge is 0.493 e. The van der Waals surface area contributed by atoms with Crippen LogP contribution in [0, 0.1) is 5.82 Å². The van der Waals surface area contributed by atoms with Crippen LogP contribution in [0.2, 0.25) is 0 Å². The summed E-state index contributed by atoms with van der Waals surface area (Å²) in [5.41, 5.74) is 0.669. The summed E-state index contributed by atoms with van der Waals surface area (Å²) in [6.45, 7) is 2.54. The summed E-state index contributed by atoms with van der Waals surface area (Å²) in [4.78, 5) is 11.1. The van der Waals surface area contributed by atoms with Crippen LogP contribution in [0.15, 0.2) is 48.5 Å². The highest BCUT2D eigenvalue weighted by Crippen LogP contribution is 2.14. The molecule has 0 amide bonds. The van der Waals surface area contributed by atoms with Gasteiger partial charge in [0.15, 0.2) is 5.78 Å². The van der Waals surface area contributed by atoms with Crippen molar-refractivity contribution in [1.82, 2.24) is 0 Å². The molecule has 0 bridgehead atoms. The van der Waals surface area contributed by atoms with Crippen molar-refractivity contribution in [3.63, 3.8) is 0 Å². The van der Waals surface area contributed by atoms with Crippen LogP contribution in [0.25, 0.3) is 0 Å². The van der Waals surface area contributed by atoms with Gasteiger partial charge in [0.05, 0.1) is 13.2 Å². The fourth-order valence-electron chi connectivity index (χ4n) is 1.76. The van der Waals surface area contributed by atoms with Crippen LogP contribution in [0.3, 0.4) is 0 Å². The third-order valence-corrected chi connectivity index (χ3v) is 2.90. The van der Waals surface area contributed by atoms with Crippen LogP contribution in [0.4, 0.5) is 4.39 Å². The maximum atomic E-state index is 12.7. The highest BCUT2D eigenvalue weighted by Gasteiger charge is 2.00. The van der Waals surface area contributed by atoms with Gasteiger partial charge < -0.3 is 9.47 Å². The summed E-state index contributed by atoms with van der Waals surface area (Å²) < 4.78 is 23.7. The van der Waals surface area contributed by atoms with E-state index >= 15 is 0 Å². The Morgan fingerprint density at radius 2 is 1.38 bits per heavy atom. The predicted octanol–water partition coefficient (Wildman–Crippen LogP) is 3.88. The molecule has 3 nitrogen and oxygen atoms in total. The maximum Gasteiger partial charge on any atom is 0.159 e. The van der Waals surface area contributed by atoms with Crippen LogP contribution in [0.5, 0.6) is 11.5 Å². The molecule has 0 aliphatic rings. The number of rotatable bonds is 7. The molecule has 4 heteroatoms. The van der Waals surface area contributed by atoms with Gasteiger partial charge in [-0.05, 0) is 55.5 Å². The minimum absolute atomic E-state index is 0.0363. The molecule has 0 heterocycles. The van der Waals surface area contributed by atoms with Gasteiger partial charge in [0.2, 0.25) is 0 Å². The lowest BCUT2D eigenvalue weighted by molar-refractivity contribution is 0.101. The Kier molecular flexibility index (Phi) is 5.32. The van der Waals surface area contributed by atoms with E-state index in [9.17, 15) is 9.18 Å². The first-order chi connectivity index (χ1) is 10.1. The average molecular weight is 288 g/mol. The lowest BCUT2D eigenvalue weighted by Crippen LogP contribution is -2.05.